The van der Waals surface area contributed by atoms with Gasteiger partial charge in [0.05, 0.1) is 10.6 Å². The van der Waals surface area contributed by atoms with Crippen LogP contribution in [0.1, 0.15) is 17.3 Å². The predicted molar refractivity (Wildman–Crippen MR) is 72.3 cm³/mol. The summed E-state index contributed by atoms with van der Waals surface area (Å²) in [6.45, 7) is 4.42. The summed E-state index contributed by atoms with van der Waals surface area (Å²) in [6.07, 6.45) is 1.47. The Kier molecular flexibility index (Phi) is 4.10. The van der Waals surface area contributed by atoms with Gasteiger partial charge in [0.25, 0.3) is 5.91 Å². The first-order chi connectivity index (χ1) is 8.49. The molecule has 1 saturated heterocycles. The minimum Gasteiger partial charge on any atom is -0.336 e. The van der Waals surface area contributed by atoms with Crippen molar-refractivity contribution >= 4 is 29.1 Å². The molecule has 1 unspecified atom stereocenters. The zero-order valence-corrected chi connectivity index (χ0v) is 11.9. The molecule has 0 radical (unpaired) electrons. The van der Waals surface area contributed by atoms with Crippen molar-refractivity contribution in [2.24, 2.45) is 0 Å². The fraction of sp³-hybridized carbons (Fsp3) is 0.500. The lowest BCUT2D eigenvalue weighted by molar-refractivity contribution is 0.0572. The van der Waals surface area contributed by atoms with Crippen LogP contribution in [-0.2, 0) is 0 Å². The molecule has 0 spiro atoms. The molecule has 2 rings (SSSR count). The number of likely N-dealkylation sites (N-methyl/N-ethyl adjacent to an activating group) is 1. The molecule has 6 heteroatoms. The lowest BCUT2D eigenvalue weighted by Crippen LogP contribution is -2.52. The van der Waals surface area contributed by atoms with E-state index in [1.54, 1.807) is 6.07 Å². The first-order valence-corrected chi connectivity index (χ1v) is 6.55. The highest BCUT2D eigenvalue weighted by atomic mass is 35.5. The number of hydrogen-bond donors (Lipinski definition) is 0. The smallest absolute Gasteiger partial charge is 0.255 e. The van der Waals surface area contributed by atoms with Crippen molar-refractivity contribution in [3.05, 3.63) is 28.0 Å². The van der Waals surface area contributed by atoms with Gasteiger partial charge in [0.1, 0.15) is 5.15 Å². The minimum absolute atomic E-state index is 0.0407. The molecule has 1 amide bonds. The van der Waals surface area contributed by atoms with Crippen molar-refractivity contribution in [2.75, 3.05) is 26.7 Å². The Balaban J connectivity index is 2.14. The first-order valence-electron chi connectivity index (χ1n) is 5.79. The molecule has 1 fully saturated rings. The van der Waals surface area contributed by atoms with Crippen LogP contribution in [0.2, 0.25) is 10.2 Å². The number of pyridine rings is 1. The Bertz CT molecular complexity index is 467. The van der Waals surface area contributed by atoms with Crippen LogP contribution >= 0.6 is 23.2 Å². The van der Waals surface area contributed by atoms with Crippen LogP contribution in [0.15, 0.2) is 12.3 Å². The van der Waals surface area contributed by atoms with Gasteiger partial charge >= 0.3 is 0 Å². The van der Waals surface area contributed by atoms with Gasteiger partial charge in [0, 0.05) is 31.9 Å². The number of carbonyl (C=O) groups is 1. The average molecular weight is 288 g/mol. The maximum Gasteiger partial charge on any atom is 0.255 e. The van der Waals surface area contributed by atoms with E-state index in [0.29, 0.717) is 16.6 Å². The lowest BCUT2D eigenvalue weighted by atomic mass is 10.1. The molecule has 0 bridgehead atoms. The number of amides is 1. The third-order valence-corrected chi connectivity index (χ3v) is 3.98. The van der Waals surface area contributed by atoms with E-state index in [1.807, 2.05) is 4.90 Å². The monoisotopic (exact) mass is 287 g/mol. The summed E-state index contributed by atoms with van der Waals surface area (Å²) < 4.78 is 0. The summed E-state index contributed by atoms with van der Waals surface area (Å²) >= 11 is 11.6. The molecule has 18 heavy (non-hydrogen) atoms. The first kappa shape index (κ1) is 13.6. The lowest BCUT2D eigenvalue weighted by Gasteiger charge is -2.37. The third kappa shape index (κ3) is 2.76. The largest absolute Gasteiger partial charge is 0.336 e. The van der Waals surface area contributed by atoms with E-state index in [9.17, 15) is 4.79 Å². The molecule has 1 aliphatic heterocycles. The molecule has 0 aliphatic carbocycles. The van der Waals surface area contributed by atoms with Gasteiger partial charge in [-0.05, 0) is 20.0 Å². The Hall–Kier alpha value is -0.840. The molecule has 2 heterocycles. The SMILES string of the molecule is CC1CN(C(=O)c2cnc(Cl)c(Cl)c2)CCN1C. The van der Waals surface area contributed by atoms with Crippen molar-refractivity contribution in [1.29, 1.82) is 0 Å². The Morgan fingerprint density at radius 2 is 2.17 bits per heavy atom. The Morgan fingerprint density at radius 1 is 1.44 bits per heavy atom. The van der Waals surface area contributed by atoms with E-state index in [4.69, 9.17) is 23.2 Å². The third-order valence-electron chi connectivity index (χ3n) is 3.29. The fourth-order valence-electron chi connectivity index (χ4n) is 1.95. The zero-order chi connectivity index (χ0) is 13.3. The highest BCUT2D eigenvalue weighted by Crippen LogP contribution is 2.21. The fourth-order valence-corrected chi connectivity index (χ4v) is 2.22. The Labute approximate surface area is 116 Å². The quantitative estimate of drug-likeness (QED) is 0.743. The van der Waals surface area contributed by atoms with Gasteiger partial charge in [0.2, 0.25) is 0 Å². The van der Waals surface area contributed by atoms with Crippen LogP contribution in [-0.4, -0.2) is 53.4 Å². The van der Waals surface area contributed by atoms with Gasteiger partial charge in [0.15, 0.2) is 0 Å². The normalized spacial score (nSPS) is 21.1. The van der Waals surface area contributed by atoms with E-state index in [-0.39, 0.29) is 11.1 Å². The van der Waals surface area contributed by atoms with Crippen molar-refractivity contribution in [1.82, 2.24) is 14.8 Å². The summed E-state index contributed by atoms with van der Waals surface area (Å²) in [5.41, 5.74) is 0.487. The van der Waals surface area contributed by atoms with Crippen molar-refractivity contribution < 1.29 is 4.79 Å². The van der Waals surface area contributed by atoms with Crippen LogP contribution in [0.4, 0.5) is 0 Å². The molecular weight excluding hydrogens is 273 g/mol. The maximum atomic E-state index is 12.3. The van der Waals surface area contributed by atoms with Gasteiger partial charge < -0.3 is 9.80 Å². The second kappa shape index (κ2) is 5.43. The van der Waals surface area contributed by atoms with E-state index in [2.05, 4.69) is 23.9 Å². The molecule has 98 valence electrons. The van der Waals surface area contributed by atoms with Crippen LogP contribution in [0.3, 0.4) is 0 Å². The Morgan fingerprint density at radius 3 is 2.78 bits per heavy atom. The van der Waals surface area contributed by atoms with E-state index in [0.717, 1.165) is 19.6 Å². The molecule has 0 N–H and O–H groups in total. The zero-order valence-electron chi connectivity index (χ0n) is 10.4. The minimum atomic E-state index is -0.0407. The number of hydrogen-bond acceptors (Lipinski definition) is 3. The predicted octanol–water partition coefficient (Wildman–Crippen LogP) is 2.16. The van der Waals surface area contributed by atoms with E-state index < -0.39 is 0 Å². The molecule has 0 aromatic carbocycles. The summed E-state index contributed by atoms with van der Waals surface area (Å²) in [7, 11) is 2.06. The molecule has 1 atom stereocenters. The number of aromatic nitrogens is 1. The topological polar surface area (TPSA) is 36.4 Å². The maximum absolute atomic E-state index is 12.3. The number of piperazine rings is 1. The molecule has 1 aromatic heterocycles. The molecule has 4 nitrogen and oxygen atoms in total. The van der Waals surface area contributed by atoms with Gasteiger partial charge in [-0.1, -0.05) is 23.2 Å². The van der Waals surface area contributed by atoms with Gasteiger partial charge in [-0.3, -0.25) is 4.79 Å². The van der Waals surface area contributed by atoms with Crippen molar-refractivity contribution in [2.45, 2.75) is 13.0 Å². The molecular formula is C12H15Cl2N3O. The van der Waals surface area contributed by atoms with Gasteiger partial charge in [-0.2, -0.15) is 0 Å². The summed E-state index contributed by atoms with van der Waals surface area (Å²) in [5, 5.41) is 0.532. The molecule has 1 aromatic rings. The highest BCUT2D eigenvalue weighted by molar-refractivity contribution is 6.41. The standard InChI is InChI=1S/C12H15Cl2N3O/c1-8-7-17(4-3-16(8)2)12(18)9-5-10(13)11(14)15-6-9/h5-6,8H,3-4,7H2,1-2H3. The molecule has 1 aliphatic rings. The highest BCUT2D eigenvalue weighted by Gasteiger charge is 2.25. The summed E-state index contributed by atoms with van der Waals surface area (Å²) in [4.78, 5) is 20.2. The van der Waals surface area contributed by atoms with Gasteiger partial charge in [-0.25, -0.2) is 4.98 Å². The second-order valence-corrected chi connectivity index (χ2v) is 5.34. The number of nitrogens with zero attached hydrogens (tertiary/aromatic N) is 3. The van der Waals surface area contributed by atoms with Crippen molar-refractivity contribution in [3.8, 4) is 0 Å². The van der Waals surface area contributed by atoms with E-state index in [1.165, 1.54) is 6.20 Å². The van der Waals surface area contributed by atoms with Crippen LogP contribution in [0, 0.1) is 0 Å². The van der Waals surface area contributed by atoms with Crippen LogP contribution in [0.5, 0.6) is 0 Å². The van der Waals surface area contributed by atoms with E-state index >= 15 is 0 Å². The number of halogens is 2. The number of carbonyl (C=O) groups excluding carboxylic acids is 1. The number of rotatable bonds is 1. The average Bonchev–Trinajstić information content (AvgIpc) is 2.35. The molecule has 0 saturated carbocycles. The van der Waals surface area contributed by atoms with Gasteiger partial charge in [-0.15, -0.1) is 0 Å². The van der Waals surface area contributed by atoms with Crippen LogP contribution < -0.4 is 0 Å². The summed E-state index contributed by atoms with van der Waals surface area (Å²) in [5.74, 6) is -0.0407. The van der Waals surface area contributed by atoms with Crippen LogP contribution in [0.25, 0.3) is 0 Å². The summed E-state index contributed by atoms with van der Waals surface area (Å²) in [6, 6.07) is 1.93. The second-order valence-electron chi connectivity index (χ2n) is 4.58. The van der Waals surface area contributed by atoms with Crippen molar-refractivity contribution in [3.63, 3.8) is 0 Å².